The van der Waals surface area contributed by atoms with E-state index in [9.17, 15) is 4.79 Å². The van der Waals surface area contributed by atoms with E-state index in [1.807, 2.05) is 30.3 Å². The molecule has 0 radical (unpaired) electrons. The molecule has 0 amide bonds. The van der Waals surface area contributed by atoms with Gasteiger partial charge in [0.25, 0.3) is 0 Å². The Morgan fingerprint density at radius 3 is 2.61 bits per heavy atom. The summed E-state index contributed by atoms with van der Waals surface area (Å²) in [6.45, 7) is 8.67. The van der Waals surface area contributed by atoms with Gasteiger partial charge in [0.1, 0.15) is 6.10 Å². The summed E-state index contributed by atoms with van der Waals surface area (Å²) in [4.78, 5) is 15.2. The second-order valence-corrected chi connectivity index (χ2v) is 11.9. The van der Waals surface area contributed by atoms with Crippen LogP contribution in [0.2, 0.25) is 0 Å². The number of carbonyl (C=O) groups is 1. The SMILES string of the molecule is CC1CC[C@H](OC(=O)c2ccccc2)C/C1=C/C[C@@H]1[C@@H](C)CC[C@]23CN(C)[C@@H](C)[C@H]2CC[C@@H]13. The standard InChI is InChI=1S/C30H43NO2/c1-20-10-12-25(33-29(32)23-8-6-5-7-9-23)18-24(20)11-13-26-21(2)16-17-30-19-31(4)22(3)27(30)14-15-28(26)30/h5-9,11,20-22,25-28H,10,12-19H2,1-4H3/b24-11-/t20?,21-,22-,25-,26+,27+,28-,30-/m0/s1. The molecule has 33 heavy (non-hydrogen) atoms. The lowest BCUT2D eigenvalue weighted by Gasteiger charge is -2.47. The Labute approximate surface area is 201 Å². The molecule has 180 valence electrons. The molecule has 4 fully saturated rings. The molecule has 8 atom stereocenters. The molecule has 1 heterocycles. The third kappa shape index (κ3) is 4.20. The minimum absolute atomic E-state index is 0.0236. The molecule has 1 saturated heterocycles. The number of hydrogen-bond donors (Lipinski definition) is 0. The molecule has 0 bridgehead atoms. The maximum Gasteiger partial charge on any atom is 0.338 e. The summed E-state index contributed by atoms with van der Waals surface area (Å²) in [5.74, 6) is 3.87. The van der Waals surface area contributed by atoms with E-state index in [1.54, 1.807) is 0 Å². The summed E-state index contributed by atoms with van der Waals surface area (Å²) in [7, 11) is 2.35. The zero-order valence-corrected chi connectivity index (χ0v) is 21.1. The Morgan fingerprint density at radius 1 is 1.06 bits per heavy atom. The summed E-state index contributed by atoms with van der Waals surface area (Å²) in [6.07, 6.45) is 12.6. The van der Waals surface area contributed by atoms with Crippen LogP contribution in [0.15, 0.2) is 42.0 Å². The molecule has 3 aliphatic carbocycles. The minimum atomic E-state index is -0.172. The van der Waals surface area contributed by atoms with Gasteiger partial charge in [0.05, 0.1) is 5.56 Å². The van der Waals surface area contributed by atoms with Crippen molar-refractivity contribution >= 4 is 5.97 Å². The van der Waals surface area contributed by atoms with Gasteiger partial charge in [0.15, 0.2) is 0 Å². The van der Waals surface area contributed by atoms with Crippen LogP contribution in [-0.4, -0.2) is 36.6 Å². The fraction of sp³-hybridized carbons (Fsp3) is 0.700. The topological polar surface area (TPSA) is 29.5 Å². The first-order chi connectivity index (χ1) is 15.9. The Balaban J connectivity index is 1.27. The van der Waals surface area contributed by atoms with Gasteiger partial charge in [-0.15, -0.1) is 0 Å². The number of esters is 1. The molecule has 3 nitrogen and oxygen atoms in total. The average Bonchev–Trinajstić information content (AvgIpc) is 3.30. The van der Waals surface area contributed by atoms with Crippen molar-refractivity contribution in [3.05, 3.63) is 47.5 Å². The zero-order valence-electron chi connectivity index (χ0n) is 21.1. The molecule has 3 heteroatoms. The summed E-state index contributed by atoms with van der Waals surface area (Å²) < 4.78 is 5.93. The number of benzene rings is 1. The van der Waals surface area contributed by atoms with Gasteiger partial charge in [0.2, 0.25) is 0 Å². The van der Waals surface area contributed by atoms with Crippen LogP contribution in [0.4, 0.5) is 0 Å². The van der Waals surface area contributed by atoms with Crippen molar-refractivity contribution in [2.24, 2.45) is 35.0 Å². The van der Waals surface area contributed by atoms with E-state index in [4.69, 9.17) is 4.74 Å². The molecule has 4 aliphatic rings. The molecule has 3 saturated carbocycles. The van der Waals surface area contributed by atoms with E-state index in [2.05, 4.69) is 38.8 Å². The lowest BCUT2D eigenvalue weighted by molar-refractivity contribution is 0.0212. The van der Waals surface area contributed by atoms with Crippen molar-refractivity contribution in [1.29, 1.82) is 0 Å². The van der Waals surface area contributed by atoms with Crippen molar-refractivity contribution in [2.45, 2.75) is 84.3 Å². The summed E-state index contributed by atoms with van der Waals surface area (Å²) in [5, 5.41) is 0. The molecule has 0 N–H and O–H groups in total. The van der Waals surface area contributed by atoms with Gasteiger partial charge < -0.3 is 9.64 Å². The second-order valence-electron chi connectivity index (χ2n) is 11.9. The monoisotopic (exact) mass is 449 g/mol. The van der Waals surface area contributed by atoms with Crippen molar-refractivity contribution in [1.82, 2.24) is 4.90 Å². The van der Waals surface area contributed by atoms with Gasteiger partial charge >= 0.3 is 5.97 Å². The Kier molecular flexibility index (Phi) is 6.46. The van der Waals surface area contributed by atoms with Crippen molar-refractivity contribution in [3.8, 4) is 0 Å². The van der Waals surface area contributed by atoms with Crippen molar-refractivity contribution in [2.75, 3.05) is 13.6 Å². The van der Waals surface area contributed by atoms with Crippen LogP contribution in [-0.2, 0) is 4.74 Å². The predicted molar refractivity (Wildman–Crippen MR) is 134 cm³/mol. The van der Waals surface area contributed by atoms with Gasteiger partial charge in [0, 0.05) is 19.0 Å². The number of likely N-dealkylation sites (tertiary alicyclic amines) is 1. The van der Waals surface area contributed by atoms with E-state index < -0.39 is 0 Å². The maximum atomic E-state index is 12.6. The lowest BCUT2D eigenvalue weighted by atomic mass is 9.57. The molecule has 5 rings (SSSR count). The van der Waals surface area contributed by atoms with Crippen LogP contribution in [0.1, 0.15) is 82.5 Å². The number of hydrogen-bond acceptors (Lipinski definition) is 3. The maximum absolute atomic E-state index is 12.6. The number of carbonyl (C=O) groups excluding carboxylic acids is 1. The van der Waals surface area contributed by atoms with Crippen LogP contribution >= 0.6 is 0 Å². The molecule has 1 spiro atoms. The molecular formula is C30H43NO2. The first kappa shape index (κ1) is 23.1. The Bertz CT molecular complexity index is 879. The van der Waals surface area contributed by atoms with Gasteiger partial charge in [-0.2, -0.15) is 0 Å². The van der Waals surface area contributed by atoms with E-state index in [-0.39, 0.29) is 12.1 Å². The Hall–Kier alpha value is -1.61. The van der Waals surface area contributed by atoms with Gasteiger partial charge in [-0.1, -0.05) is 43.7 Å². The van der Waals surface area contributed by atoms with Gasteiger partial charge in [-0.25, -0.2) is 4.79 Å². The lowest BCUT2D eigenvalue weighted by Crippen LogP contribution is -2.43. The van der Waals surface area contributed by atoms with Crippen molar-refractivity contribution < 1.29 is 9.53 Å². The minimum Gasteiger partial charge on any atom is -0.458 e. The molecular weight excluding hydrogens is 406 g/mol. The zero-order chi connectivity index (χ0) is 23.2. The fourth-order valence-corrected chi connectivity index (χ4v) is 8.33. The van der Waals surface area contributed by atoms with Crippen LogP contribution in [0, 0.1) is 35.0 Å². The third-order valence-corrected chi connectivity index (χ3v) is 10.4. The molecule has 1 unspecified atom stereocenters. The van der Waals surface area contributed by atoms with E-state index in [0.717, 1.165) is 49.0 Å². The summed E-state index contributed by atoms with van der Waals surface area (Å²) >= 11 is 0. The number of rotatable bonds is 4. The highest BCUT2D eigenvalue weighted by atomic mass is 16.5. The van der Waals surface area contributed by atoms with E-state index in [1.165, 1.54) is 44.2 Å². The van der Waals surface area contributed by atoms with E-state index in [0.29, 0.717) is 16.9 Å². The fourth-order valence-electron chi connectivity index (χ4n) is 8.33. The number of allylic oxidation sites excluding steroid dienone is 1. The van der Waals surface area contributed by atoms with Gasteiger partial charge in [-0.05, 0) is 106 Å². The average molecular weight is 450 g/mol. The summed E-state index contributed by atoms with van der Waals surface area (Å²) in [5.41, 5.74) is 2.77. The third-order valence-electron chi connectivity index (χ3n) is 10.4. The molecule has 1 aromatic rings. The second kappa shape index (κ2) is 9.21. The van der Waals surface area contributed by atoms with Crippen LogP contribution < -0.4 is 0 Å². The first-order valence-corrected chi connectivity index (χ1v) is 13.5. The molecule has 1 aliphatic heterocycles. The highest BCUT2D eigenvalue weighted by Crippen LogP contribution is 2.64. The normalized spacial score (nSPS) is 42.2. The van der Waals surface area contributed by atoms with Crippen LogP contribution in [0.3, 0.4) is 0 Å². The van der Waals surface area contributed by atoms with E-state index >= 15 is 0 Å². The largest absolute Gasteiger partial charge is 0.458 e. The number of nitrogens with zero attached hydrogens (tertiary/aromatic N) is 1. The molecule has 1 aromatic carbocycles. The number of ether oxygens (including phenoxy) is 1. The quantitative estimate of drug-likeness (QED) is 0.376. The predicted octanol–water partition coefficient (Wildman–Crippen LogP) is 6.74. The Morgan fingerprint density at radius 2 is 1.82 bits per heavy atom. The smallest absolute Gasteiger partial charge is 0.338 e. The highest BCUT2D eigenvalue weighted by Gasteiger charge is 2.60. The van der Waals surface area contributed by atoms with Crippen LogP contribution in [0.25, 0.3) is 0 Å². The summed E-state index contributed by atoms with van der Waals surface area (Å²) in [6, 6.07) is 10.2. The first-order valence-electron chi connectivity index (χ1n) is 13.5. The van der Waals surface area contributed by atoms with Gasteiger partial charge in [-0.3, -0.25) is 0 Å². The highest BCUT2D eigenvalue weighted by molar-refractivity contribution is 5.89. The molecule has 0 aromatic heterocycles. The van der Waals surface area contributed by atoms with Crippen LogP contribution in [0.5, 0.6) is 0 Å². The van der Waals surface area contributed by atoms with Crippen molar-refractivity contribution in [3.63, 3.8) is 0 Å².